The van der Waals surface area contributed by atoms with Crippen LogP contribution in [0.15, 0.2) is 16.6 Å². The normalized spacial score (nSPS) is 20.1. The molecule has 3 nitrogen and oxygen atoms in total. The minimum absolute atomic E-state index is 0.0360. The van der Waals surface area contributed by atoms with Crippen LogP contribution in [0, 0.1) is 0 Å². The van der Waals surface area contributed by atoms with E-state index in [0.717, 1.165) is 41.0 Å². The highest BCUT2D eigenvalue weighted by Crippen LogP contribution is 2.39. The molecule has 15 heavy (non-hydrogen) atoms. The van der Waals surface area contributed by atoms with E-state index in [0.29, 0.717) is 0 Å². The quantitative estimate of drug-likeness (QED) is 0.854. The molecule has 2 rings (SSSR count). The molecule has 82 valence electrons. The molecule has 0 fully saturated rings. The summed E-state index contributed by atoms with van der Waals surface area (Å²) in [6.07, 6.45) is 1.94. The Hall–Kier alpha value is -0.740. The molecule has 0 amide bonds. The molecule has 0 radical (unpaired) electrons. The van der Waals surface area contributed by atoms with Crippen molar-refractivity contribution < 1.29 is 9.47 Å². The van der Waals surface area contributed by atoms with Crippen molar-refractivity contribution in [2.45, 2.75) is 18.9 Å². The summed E-state index contributed by atoms with van der Waals surface area (Å²) in [5, 5.41) is 0. The van der Waals surface area contributed by atoms with Crippen molar-refractivity contribution >= 4 is 15.9 Å². The Morgan fingerprint density at radius 3 is 3.07 bits per heavy atom. The summed E-state index contributed by atoms with van der Waals surface area (Å²) in [5.41, 5.74) is 7.11. The molecular formula is C11H14BrNO2. The maximum atomic E-state index is 6.08. The molecule has 4 heteroatoms. The maximum Gasteiger partial charge on any atom is 0.138 e. The topological polar surface area (TPSA) is 44.5 Å². The third kappa shape index (κ3) is 2.11. The predicted molar refractivity (Wildman–Crippen MR) is 62.4 cm³/mol. The number of halogens is 1. The van der Waals surface area contributed by atoms with Gasteiger partial charge in [0.15, 0.2) is 0 Å². The number of hydrogen-bond acceptors (Lipinski definition) is 3. The first kappa shape index (κ1) is 10.8. The van der Waals surface area contributed by atoms with Crippen LogP contribution in [-0.4, -0.2) is 13.7 Å². The fourth-order valence-corrected chi connectivity index (χ4v) is 2.34. The van der Waals surface area contributed by atoms with E-state index in [-0.39, 0.29) is 6.04 Å². The fraction of sp³-hybridized carbons (Fsp3) is 0.455. The molecule has 1 aromatic rings. The van der Waals surface area contributed by atoms with Crippen molar-refractivity contribution in [2.75, 3.05) is 13.7 Å². The molecule has 0 spiro atoms. The van der Waals surface area contributed by atoms with E-state index in [1.807, 2.05) is 12.1 Å². The van der Waals surface area contributed by atoms with Crippen LogP contribution in [0.2, 0.25) is 0 Å². The van der Waals surface area contributed by atoms with Crippen molar-refractivity contribution in [2.24, 2.45) is 5.73 Å². The Labute approximate surface area is 97.7 Å². The van der Waals surface area contributed by atoms with Gasteiger partial charge < -0.3 is 15.2 Å². The van der Waals surface area contributed by atoms with E-state index in [1.54, 1.807) is 7.11 Å². The average molecular weight is 272 g/mol. The lowest BCUT2D eigenvalue weighted by molar-refractivity contribution is 0.313. The van der Waals surface area contributed by atoms with Crippen molar-refractivity contribution in [3.63, 3.8) is 0 Å². The molecule has 0 unspecified atom stereocenters. The molecule has 1 atom stereocenters. The van der Waals surface area contributed by atoms with Crippen LogP contribution in [0.3, 0.4) is 0 Å². The number of rotatable bonds is 1. The van der Waals surface area contributed by atoms with E-state index in [1.165, 1.54) is 0 Å². The summed E-state index contributed by atoms with van der Waals surface area (Å²) in [6.45, 7) is 0.728. The second-order valence-corrected chi connectivity index (χ2v) is 4.48. The van der Waals surface area contributed by atoms with Gasteiger partial charge in [-0.05, 0) is 40.9 Å². The van der Waals surface area contributed by atoms with Gasteiger partial charge in [0.1, 0.15) is 11.5 Å². The van der Waals surface area contributed by atoms with Gasteiger partial charge in [-0.2, -0.15) is 0 Å². The van der Waals surface area contributed by atoms with Gasteiger partial charge in [-0.15, -0.1) is 0 Å². The van der Waals surface area contributed by atoms with Gasteiger partial charge in [-0.3, -0.25) is 0 Å². The van der Waals surface area contributed by atoms with Gasteiger partial charge in [0.25, 0.3) is 0 Å². The molecule has 0 saturated carbocycles. The molecule has 2 N–H and O–H groups in total. The first-order valence-electron chi connectivity index (χ1n) is 4.98. The van der Waals surface area contributed by atoms with Crippen LogP contribution in [0.1, 0.15) is 24.4 Å². The first-order chi connectivity index (χ1) is 7.22. The van der Waals surface area contributed by atoms with Gasteiger partial charge in [0, 0.05) is 11.6 Å². The highest BCUT2D eigenvalue weighted by molar-refractivity contribution is 9.10. The highest BCUT2D eigenvalue weighted by Gasteiger charge is 2.19. The Morgan fingerprint density at radius 2 is 2.33 bits per heavy atom. The zero-order chi connectivity index (χ0) is 10.8. The van der Waals surface area contributed by atoms with Gasteiger partial charge in [-0.25, -0.2) is 0 Å². The maximum absolute atomic E-state index is 6.08. The molecule has 1 aliphatic heterocycles. The number of hydrogen-bond donors (Lipinski definition) is 1. The predicted octanol–water partition coefficient (Wildman–Crippen LogP) is 2.63. The molecule has 1 aromatic carbocycles. The lowest BCUT2D eigenvalue weighted by Crippen LogP contribution is -2.09. The molecule has 0 aromatic heterocycles. The Balaban J connectivity index is 2.50. The van der Waals surface area contributed by atoms with Gasteiger partial charge >= 0.3 is 0 Å². The second kappa shape index (κ2) is 4.41. The first-order valence-corrected chi connectivity index (χ1v) is 5.77. The smallest absolute Gasteiger partial charge is 0.138 e. The minimum atomic E-state index is 0.0360. The Morgan fingerprint density at radius 1 is 1.53 bits per heavy atom. The summed E-state index contributed by atoms with van der Waals surface area (Å²) >= 11 is 3.48. The summed E-state index contributed by atoms with van der Waals surface area (Å²) in [6, 6.07) is 3.89. The molecule has 0 bridgehead atoms. The van der Waals surface area contributed by atoms with Crippen LogP contribution >= 0.6 is 15.9 Å². The van der Waals surface area contributed by atoms with Crippen molar-refractivity contribution in [3.8, 4) is 11.5 Å². The lowest BCUT2D eigenvalue weighted by atomic mass is 10.0. The fourth-order valence-electron chi connectivity index (χ4n) is 1.77. The van der Waals surface area contributed by atoms with E-state index in [9.17, 15) is 0 Å². The van der Waals surface area contributed by atoms with Crippen molar-refractivity contribution in [1.29, 1.82) is 0 Å². The van der Waals surface area contributed by atoms with Gasteiger partial charge in [0.05, 0.1) is 18.2 Å². The minimum Gasteiger partial charge on any atom is -0.497 e. The molecule has 1 heterocycles. The number of nitrogens with two attached hydrogens (primary N) is 1. The summed E-state index contributed by atoms with van der Waals surface area (Å²) in [4.78, 5) is 0. The SMILES string of the molecule is COc1cc(Br)c2c(c1)[C@@H](N)CCCO2. The van der Waals surface area contributed by atoms with Gasteiger partial charge in [0.2, 0.25) is 0 Å². The number of ether oxygens (including phenoxy) is 2. The zero-order valence-electron chi connectivity index (χ0n) is 8.63. The van der Waals surface area contributed by atoms with Crippen LogP contribution in [0.4, 0.5) is 0 Å². The summed E-state index contributed by atoms with van der Waals surface area (Å²) in [7, 11) is 1.65. The van der Waals surface area contributed by atoms with Crippen molar-refractivity contribution in [1.82, 2.24) is 0 Å². The van der Waals surface area contributed by atoms with Crippen molar-refractivity contribution in [3.05, 3.63) is 22.2 Å². The lowest BCUT2D eigenvalue weighted by Gasteiger charge is -2.14. The van der Waals surface area contributed by atoms with Gasteiger partial charge in [-0.1, -0.05) is 0 Å². The third-order valence-electron chi connectivity index (χ3n) is 2.59. The Kier molecular flexibility index (Phi) is 3.17. The summed E-state index contributed by atoms with van der Waals surface area (Å²) < 4.78 is 11.8. The monoisotopic (exact) mass is 271 g/mol. The van der Waals surface area contributed by atoms with E-state index in [2.05, 4.69) is 15.9 Å². The number of methoxy groups -OCH3 is 1. The zero-order valence-corrected chi connectivity index (χ0v) is 10.2. The van der Waals surface area contributed by atoms with E-state index < -0.39 is 0 Å². The van der Waals surface area contributed by atoms with Crippen LogP contribution in [0.25, 0.3) is 0 Å². The molecule has 0 aliphatic carbocycles. The standard InChI is InChI=1S/C11H14BrNO2/c1-14-7-5-8-10(13)3-2-4-15-11(8)9(12)6-7/h5-6,10H,2-4,13H2,1H3/t10-/m0/s1. The average Bonchev–Trinajstić information content (AvgIpc) is 2.41. The Bertz CT molecular complexity index is 368. The highest BCUT2D eigenvalue weighted by atomic mass is 79.9. The molecule has 1 aliphatic rings. The number of fused-ring (bicyclic) bond motifs is 1. The van der Waals surface area contributed by atoms with Crippen LogP contribution in [-0.2, 0) is 0 Å². The number of benzene rings is 1. The van der Waals surface area contributed by atoms with E-state index in [4.69, 9.17) is 15.2 Å². The largest absolute Gasteiger partial charge is 0.497 e. The van der Waals surface area contributed by atoms with E-state index >= 15 is 0 Å². The van der Waals surface area contributed by atoms with Crippen LogP contribution < -0.4 is 15.2 Å². The second-order valence-electron chi connectivity index (χ2n) is 3.62. The molecule has 0 saturated heterocycles. The summed E-state index contributed by atoms with van der Waals surface area (Å²) in [5.74, 6) is 1.67. The third-order valence-corrected chi connectivity index (χ3v) is 3.18. The molecular weight excluding hydrogens is 258 g/mol. The van der Waals surface area contributed by atoms with Crippen LogP contribution in [0.5, 0.6) is 11.5 Å².